The number of carbonyl (C=O) groups excluding carboxylic acids is 5. The second-order valence-electron chi connectivity index (χ2n) is 8.10. The number of aliphatic hydroxyl groups excluding tert-OH is 1. The van der Waals surface area contributed by atoms with Crippen molar-refractivity contribution in [3.05, 3.63) is 0 Å². The third kappa shape index (κ3) is 11.8. The molecule has 14 heteroatoms. The molecule has 5 amide bonds. The smallest absolute Gasteiger partial charge is 0.326 e. The van der Waals surface area contributed by atoms with Gasteiger partial charge in [0.05, 0.1) is 18.6 Å². The summed E-state index contributed by atoms with van der Waals surface area (Å²) in [5.41, 5.74) is 15.6. The lowest BCUT2D eigenvalue weighted by Gasteiger charge is -2.26. The minimum absolute atomic E-state index is 0.0653. The van der Waals surface area contributed by atoms with Gasteiger partial charge in [-0.15, -0.1) is 0 Å². The van der Waals surface area contributed by atoms with E-state index in [2.05, 4.69) is 16.0 Å². The predicted molar refractivity (Wildman–Crippen MR) is 115 cm³/mol. The van der Waals surface area contributed by atoms with Crippen molar-refractivity contribution in [1.29, 1.82) is 0 Å². The van der Waals surface area contributed by atoms with Gasteiger partial charge in [-0.05, 0) is 25.7 Å². The number of carboxylic acids is 1. The molecule has 14 nitrogen and oxygen atoms in total. The summed E-state index contributed by atoms with van der Waals surface area (Å²) < 4.78 is 0. The first-order valence-electron chi connectivity index (χ1n) is 10.3. The molecule has 0 spiro atoms. The first kappa shape index (κ1) is 29.7. The van der Waals surface area contributed by atoms with Crippen molar-refractivity contribution >= 4 is 35.5 Å². The molecular weight excluding hydrogens is 440 g/mol. The normalized spacial score (nSPS) is 15.5. The van der Waals surface area contributed by atoms with Gasteiger partial charge in [0.1, 0.15) is 18.1 Å². The second kappa shape index (κ2) is 14.0. The fraction of sp³-hybridized carbons (Fsp3) is 0.684. The van der Waals surface area contributed by atoms with Gasteiger partial charge in [-0.2, -0.15) is 0 Å². The number of aliphatic hydroxyl groups is 1. The maximum atomic E-state index is 12.7. The molecule has 0 aliphatic carbocycles. The third-order valence-corrected chi connectivity index (χ3v) is 4.45. The van der Waals surface area contributed by atoms with Crippen LogP contribution >= 0.6 is 0 Å². The van der Waals surface area contributed by atoms with Crippen molar-refractivity contribution in [1.82, 2.24) is 16.0 Å². The summed E-state index contributed by atoms with van der Waals surface area (Å²) in [6, 6.07) is -5.59. The van der Waals surface area contributed by atoms with E-state index in [1.54, 1.807) is 13.8 Å². The van der Waals surface area contributed by atoms with Crippen LogP contribution in [0.1, 0.15) is 46.5 Å². The van der Waals surface area contributed by atoms with E-state index in [9.17, 15) is 39.0 Å². The molecular formula is C19H34N6O8. The van der Waals surface area contributed by atoms with Crippen LogP contribution in [0.15, 0.2) is 0 Å². The fourth-order valence-corrected chi connectivity index (χ4v) is 2.76. The minimum Gasteiger partial charge on any atom is -0.480 e. The molecule has 0 fully saturated rings. The molecule has 5 unspecified atom stereocenters. The molecule has 33 heavy (non-hydrogen) atoms. The van der Waals surface area contributed by atoms with Crippen LogP contribution in [0.4, 0.5) is 0 Å². The molecule has 0 rings (SSSR count). The molecule has 0 bridgehead atoms. The van der Waals surface area contributed by atoms with Crippen molar-refractivity contribution in [2.24, 2.45) is 23.1 Å². The van der Waals surface area contributed by atoms with Crippen molar-refractivity contribution in [2.45, 2.75) is 76.7 Å². The first-order chi connectivity index (χ1) is 15.1. The lowest BCUT2D eigenvalue weighted by Crippen LogP contribution is -2.60. The van der Waals surface area contributed by atoms with Gasteiger partial charge in [0.15, 0.2) is 0 Å². The van der Waals surface area contributed by atoms with E-state index in [1.165, 1.54) is 6.92 Å². The highest BCUT2D eigenvalue weighted by Crippen LogP contribution is 2.07. The average molecular weight is 475 g/mol. The molecule has 0 saturated carbocycles. The van der Waals surface area contributed by atoms with Crippen LogP contribution in [0.2, 0.25) is 0 Å². The van der Waals surface area contributed by atoms with Gasteiger partial charge in [-0.3, -0.25) is 24.0 Å². The van der Waals surface area contributed by atoms with Crippen molar-refractivity contribution in [2.75, 3.05) is 0 Å². The molecule has 0 aliphatic heterocycles. The molecule has 11 N–H and O–H groups in total. The largest absolute Gasteiger partial charge is 0.480 e. The first-order valence-corrected chi connectivity index (χ1v) is 10.3. The molecule has 0 radical (unpaired) electrons. The average Bonchev–Trinajstić information content (AvgIpc) is 2.66. The quantitative estimate of drug-likeness (QED) is 0.116. The molecule has 0 aromatic carbocycles. The van der Waals surface area contributed by atoms with Gasteiger partial charge < -0.3 is 43.4 Å². The van der Waals surface area contributed by atoms with Crippen LogP contribution < -0.4 is 33.2 Å². The van der Waals surface area contributed by atoms with Crippen molar-refractivity contribution in [3.63, 3.8) is 0 Å². The summed E-state index contributed by atoms with van der Waals surface area (Å²) >= 11 is 0. The van der Waals surface area contributed by atoms with E-state index >= 15 is 0 Å². The summed E-state index contributed by atoms with van der Waals surface area (Å²) in [6.07, 6.45) is -2.40. The maximum Gasteiger partial charge on any atom is 0.326 e. The van der Waals surface area contributed by atoms with Gasteiger partial charge >= 0.3 is 5.97 Å². The van der Waals surface area contributed by atoms with Crippen LogP contribution in [0.5, 0.6) is 0 Å². The van der Waals surface area contributed by atoms with Crippen LogP contribution in [-0.2, 0) is 28.8 Å². The van der Waals surface area contributed by atoms with Crippen LogP contribution in [0.3, 0.4) is 0 Å². The predicted octanol–water partition coefficient (Wildman–Crippen LogP) is -3.58. The van der Waals surface area contributed by atoms with E-state index in [4.69, 9.17) is 17.2 Å². The number of aliphatic carboxylic acids is 1. The Morgan fingerprint density at radius 3 is 1.79 bits per heavy atom. The monoisotopic (exact) mass is 474 g/mol. The number of nitrogens with one attached hydrogen (secondary N) is 3. The summed E-state index contributed by atoms with van der Waals surface area (Å²) in [6.45, 7) is 4.70. The van der Waals surface area contributed by atoms with Gasteiger partial charge in [0, 0.05) is 6.42 Å². The minimum atomic E-state index is -1.58. The highest BCUT2D eigenvalue weighted by molar-refractivity contribution is 5.95. The molecule has 0 saturated heterocycles. The summed E-state index contributed by atoms with van der Waals surface area (Å²) in [5, 5.41) is 26.0. The molecule has 0 heterocycles. The SMILES string of the molecule is CC(C)CC(NC(=O)C(CCC(N)=O)NC(=O)C(NC(=O)C(N)CC(N)=O)C(C)O)C(=O)O. The number of amides is 5. The molecule has 0 aromatic rings. The highest BCUT2D eigenvalue weighted by atomic mass is 16.4. The Morgan fingerprint density at radius 1 is 0.818 bits per heavy atom. The van der Waals surface area contributed by atoms with Gasteiger partial charge in [-0.1, -0.05) is 13.8 Å². The molecule has 0 aliphatic rings. The Hall–Kier alpha value is -3.26. The zero-order valence-corrected chi connectivity index (χ0v) is 18.9. The van der Waals surface area contributed by atoms with Gasteiger partial charge in [-0.25, -0.2) is 4.79 Å². The Morgan fingerprint density at radius 2 is 1.36 bits per heavy atom. The second-order valence-corrected chi connectivity index (χ2v) is 8.10. The maximum absolute atomic E-state index is 12.7. The van der Waals surface area contributed by atoms with E-state index in [1.807, 2.05) is 0 Å². The summed E-state index contributed by atoms with van der Waals surface area (Å²) in [7, 11) is 0. The van der Waals surface area contributed by atoms with Crippen LogP contribution in [0.25, 0.3) is 0 Å². The highest BCUT2D eigenvalue weighted by Gasteiger charge is 2.32. The van der Waals surface area contributed by atoms with Crippen molar-refractivity contribution in [3.8, 4) is 0 Å². The number of hydrogen-bond donors (Lipinski definition) is 8. The number of carbonyl (C=O) groups is 6. The third-order valence-electron chi connectivity index (χ3n) is 4.45. The Kier molecular flexibility index (Phi) is 12.6. The molecule has 188 valence electrons. The van der Waals surface area contributed by atoms with Gasteiger partial charge in [0.25, 0.3) is 0 Å². The summed E-state index contributed by atoms with van der Waals surface area (Å²) in [5.74, 6) is -5.82. The Bertz CT molecular complexity index is 742. The van der Waals surface area contributed by atoms with Crippen LogP contribution in [0, 0.1) is 5.92 Å². The number of carboxylic acid groups (broad SMARTS) is 1. The van der Waals surface area contributed by atoms with Gasteiger partial charge in [0.2, 0.25) is 29.5 Å². The zero-order valence-electron chi connectivity index (χ0n) is 18.9. The number of rotatable bonds is 15. The van der Waals surface area contributed by atoms with E-state index < -0.39 is 72.2 Å². The molecule has 5 atom stereocenters. The Balaban J connectivity index is 5.52. The summed E-state index contributed by atoms with van der Waals surface area (Å²) in [4.78, 5) is 71.0. The standard InChI is InChI=1S/C19H34N6O8/c1-8(2)6-12(19(32)33)24-17(30)11(4-5-13(21)27)23-18(31)15(9(3)26)25-16(29)10(20)7-14(22)28/h8-12,15,26H,4-7,20H2,1-3H3,(H2,21,27)(H2,22,28)(H,23,31)(H,24,30)(H,25,29)(H,32,33). The lowest BCUT2D eigenvalue weighted by atomic mass is 10.0. The number of hydrogen-bond acceptors (Lipinski definition) is 8. The molecule has 0 aromatic heterocycles. The van der Waals surface area contributed by atoms with Crippen LogP contribution in [-0.4, -0.2) is 76.0 Å². The fourth-order valence-electron chi connectivity index (χ4n) is 2.76. The van der Waals surface area contributed by atoms with E-state index in [0.717, 1.165) is 0 Å². The van der Waals surface area contributed by atoms with E-state index in [0.29, 0.717) is 0 Å². The van der Waals surface area contributed by atoms with Crippen molar-refractivity contribution < 1.29 is 39.0 Å². The zero-order chi connectivity index (χ0) is 25.9. The number of nitrogens with two attached hydrogens (primary N) is 3. The number of primary amides is 2. The lowest BCUT2D eigenvalue weighted by molar-refractivity contribution is -0.143. The van der Waals surface area contributed by atoms with E-state index in [-0.39, 0.29) is 25.2 Å². The Labute approximate surface area is 191 Å². The topological polar surface area (TPSA) is 257 Å².